The Kier molecular flexibility index (Phi) is 7.50. The van der Waals surface area contributed by atoms with Crippen LogP contribution in [0.3, 0.4) is 0 Å². The van der Waals surface area contributed by atoms with E-state index in [-0.39, 0.29) is 18.4 Å². The molecule has 2 aromatic rings. The van der Waals surface area contributed by atoms with E-state index < -0.39 is 5.97 Å². The normalized spacial score (nSPS) is 15.6. The molecule has 0 bridgehead atoms. The van der Waals surface area contributed by atoms with Crippen LogP contribution in [-0.2, 0) is 4.79 Å². The predicted octanol–water partition coefficient (Wildman–Crippen LogP) is 4.13. The second-order valence-electron chi connectivity index (χ2n) is 7.54. The fourth-order valence-electron chi connectivity index (χ4n) is 3.83. The van der Waals surface area contributed by atoms with Crippen LogP contribution in [0.15, 0.2) is 46.9 Å². The fourth-order valence-corrected chi connectivity index (χ4v) is 4.37. The molecule has 160 valence electrons. The van der Waals surface area contributed by atoms with Crippen LogP contribution in [0.1, 0.15) is 40.4 Å². The molecule has 1 aliphatic rings. The Morgan fingerprint density at radius 3 is 2.33 bits per heavy atom. The monoisotopic (exact) mass is 474 g/mol. The van der Waals surface area contributed by atoms with Crippen LogP contribution in [0.2, 0.25) is 0 Å². The second kappa shape index (κ2) is 10.1. The van der Waals surface area contributed by atoms with Crippen LogP contribution in [0.4, 0.5) is 0 Å². The Bertz CT molecular complexity index is 893. The summed E-state index contributed by atoms with van der Waals surface area (Å²) in [7, 11) is 1.59. The molecule has 2 aromatic carbocycles. The molecule has 0 unspecified atom stereocenters. The lowest BCUT2D eigenvalue weighted by molar-refractivity contribution is -0.137. The van der Waals surface area contributed by atoms with Crippen molar-refractivity contribution in [2.45, 2.75) is 25.8 Å². The van der Waals surface area contributed by atoms with Gasteiger partial charge in [0.2, 0.25) is 0 Å². The maximum Gasteiger partial charge on any atom is 0.303 e. The van der Waals surface area contributed by atoms with Gasteiger partial charge >= 0.3 is 5.97 Å². The minimum Gasteiger partial charge on any atom is -0.496 e. The van der Waals surface area contributed by atoms with Crippen LogP contribution in [-0.4, -0.2) is 60.1 Å². The van der Waals surface area contributed by atoms with E-state index in [2.05, 4.69) is 45.1 Å². The summed E-state index contributed by atoms with van der Waals surface area (Å²) in [5.41, 5.74) is 2.93. The number of piperazine rings is 1. The van der Waals surface area contributed by atoms with E-state index in [9.17, 15) is 9.59 Å². The summed E-state index contributed by atoms with van der Waals surface area (Å²) in [6, 6.07) is 13.7. The van der Waals surface area contributed by atoms with Gasteiger partial charge in [-0.25, -0.2) is 0 Å². The van der Waals surface area contributed by atoms with Crippen molar-refractivity contribution >= 4 is 27.8 Å². The molecule has 0 aromatic heterocycles. The third-order valence-electron chi connectivity index (χ3n) is 5.53. The zero-order chi connectivity index (χ0) is 21.7. The highest BCUT2D eigenvalue weighted by atomic mass is 79.9. The number of carbonyl (C=O) groups is 2. The first-order valence-corrected chi connectivity index (χ1v) is 10.8. The van der Waals surface area contributed by atoms with Crippen molar-refractivity contribution in [2.24, 2.45) is 0 Å². The third kappa shape index (κ3) is 5.40. The summed E-state index contributed by atoms with van der Waals surface area (Å²) in [5, 5.41) is 9.17. The molecule has 0 saturated carbocycles. The highest BCUT2D eigenvalue weighted by molar-refractivity contribution is 9.10. The SMILES string of the molecule is COc1ccc(C(=O)N2CCN([C@H](CCC(=O)O)c3ccc(C)cc3)CC2)cc1Br. The van der Waals surface area contributed by atoms with Gasteiger partial charge in [-0.05, 0) is 53.0 Å². The maximum absolute atomic E-state index is 12.9. The molecule has 7 heteroatoms. The summed E-state index contributed by atoms with van der Waals surface area (Å²) >= 11 is 3.44. The smallest absolute Gasteiger partial charge is 0.303 e. The van der Waals surface area contributed by atoms with Crippen molar-refractivity contribution in [3.8, 4) is 5.75 Å². The van der Waals surface area contributed by atoms with Crippen molar-refractivity contribution < 1.29 is 19.4 Å². The van der Waals surface area contributed by atoms with Gasteiger partial charge in [0.1, 0.15) is 5.75 Å². The van der Waals surface area contributed by atoms with Gasteiger partial charge in [-0.15, -0.1) is 0 Å². The number of methoxy groups -OCH3 is 1. The van der Waals surface area contributed by atoms with Crippen molar-refractivity contribution in [3.63, 3.8) is 0 Å². The standard InChI is InChI=1S/C23H27BrN2O4/c1-16-3-5-17(6-4-16)20(8-10-22(27)28)25-11-13-26(14-12-25)23(29)18-7-9-21(30-2)19(24)15-18/h3-7,9,15,20H,8,10-14H2,1-2H3,(H,27,28)/t20-/m1/s1. The van der Waals surface area contributed by atoms with Gasteiger partial charge in [-0.2, -0.15) is 0 Å². The molecule has 1 atom stereocenters. The number of carboxylic acid groups (broad SMARTS) is 1. The van der Waals surface area contributed by atoms with Crippen LogP contribution in [0.25, 0.3) is 0 Å². The molecule has 1 aliphatic heterocycles. The minimum atomic E-state index is -0.786. The van der Waals surface area contributed by atoms with Crippen molar-refractivity contribution in [3.05, 3.63) is 63.6 Å². The molecule has 1 fully saturated rings. The van der Waals surface area contributed by atoms with Crippen LogP contribution in [0.5, 0.6) is 5.75 Å². The lowest BCUT2D eigenvalue weighted by Gasteiger charge is -2.39. The first-order chi connectivity index (χ1) is 14.4. The second-order valence-corrected chi connectivity index (χ2v) is 8.39. The number of benzene rings is 2. The predicted molar refractivity (Wildman–Crippen MR) is 119 cm³/mol. The van der Waals surface area contributed by atoms with E-state index in [1.165, 1.54) is 5.56 Å². The molecule has 0 aliphatic carbocycles. The van der Waals surface area contributed by atoms with Crippen molar-refractivity contribution in [1.82, 2.24) is 9.80 Å². The van der Waals surface area contributed by atoms with Gasteiger partial charge in [0, 0.05) is 44.2 Å². The van der Waals surface area contributed by atoms with E-state index >= 15 is 0 Å². The number of aryl methyl sites for hydroxylation is 1. The first-order valence-electron chi connectivity index (χ1n) is 10.0. The topological polar surface area (TPSA) is 70.1 Å². The van der Waals surface area contributed by atoms with Gasteiger partial charge in [0.15, 0.2) is 0 Å². The molecule has 0 spiro atoms. The van der Waals surface area contributed by atoms with E-state index in [0.717, 1.165) is 10.0 Å². The van der Waals surface area contributed by atoms with Gasteiger partial charge in [0.25, 0.3) is 5.91 Å². The first kappa shape index (κ1) is 22.3. The van der Waals surface area contributed by atoms with Gasteiger partial charge in [0.05, 0.1) is 11.6 Å². The highest BCUT2D eigenvalue weighted by Crippen LogP contribution is 2.29. The van der Waals surface area contributed by atoms with E-state index in [0.29, 0.717) is 43.9 Å². The fraction of sp³-hybridized carbons (Fsp3) is 0.391. The van der Waals surface area contributed by atoms with E-state index in [1.54, 1.807) is 25.3 Å². The van der Waals surface area contributed by atoms with Gasteiger partial charge < -0.3 is 14.7 Å². The minimum absolute atomic E-state index is 0.00424. The summed E-state index contributed by atoms with van der Waals surface area (Å²) in [5.74, 6) is -0.0998. The zero-order valence-corrected chi connectivity index (χ0v) is 18.9. The molecule has 0 radical (unpaired) electrons. The van der Waals surface area contributed by atoms with Crippen molar-refractivity contribution in [2.75, 3.05) is 33.3 Å². The molecular weight excluding hydrogens is 448 g/mol. The number of carbonyl (C=O) groups excluding carboxylic acids is 1. The average Bonchev–Trinajstić information content (AvgIpc) is 2.74. The van der Waals surface area contributed by atoms with Crippen LogP contribution >= 0.6 is 15.9 Å². The average molecular weight is 475 g/mol. The Morgan fingerprint density at radius 2 is 1.77 bits per heavy atom. The Labute approximate surface area is 185 Å². The number of nitrogens with zero attached hydrogens (tertiary/aromatic N) is 2. The maximum atomic E-state index is 12.9. The molecular formula is C23H27BrN2O4. The largest absolute Gasteiger partial charge is 0.496 e. The number of halogens is 1. The Balaban J connectivity index is 1.68. The number of aliphatic carboxylic acids is 1. The van der Waals surface area contributed by atoms with Gasteiger partial charge in [-0.3, -0.25) is 14.5 Å². The number of carboxylic acids is 1. The summed E-state index contributed by atoms with van der Waals surface area (Å²) in [6.07, 6.45) is 0.676. The quantitative estimate of drug-likeness (QED) is 0.652. The summed E-state index contributed by atoms with van der Waals surface area (Å²) in [6.45, 7) is 4.68. The summed E-state index contributed by atoms with van der Waals surface area (Å²) < 4.78 is 5.99. The molecule has 6 nitrogen and oxygen atoms in total. The van der Waals surface area contributed by atoms with Gasteiger partial charge in [-0.1, -0.05) is 29.8 Å². The Morgan fingerprint density at radius 1 is 1.10 bits per heavy atom. The highest BCUT2D eigenvalue weighted by Gasteiger charge is 2.28. The Hall–Kier alpha value is -2.38. The number of amides is 1. The van der Waals surface area contributed by atoms with E-state index in [1.807, 2.05) is 11.8 Å². The zero-order valence-electron chi connectivity index (χ0n) is 17.3. The molecule has 1 N–H and O–H groups in total. The lowest BCUT2D eigenvalue weighted by atomic mass is 9.98. The lowest BCUT2D eigenvalue weighted by Crippen LogP contribution is -2.49. The molecule has 1 saturated heterocycles. The number of ether oxygens (including phenoxy) is 1. The molecule has 30 heavy (non-hydrogen) atoms. The number of hydrogen-bond acceptors (Lipinski definition) is 4. The molecule has 1 amide bonds. The molecule has 1 heterocycles. The summed E-state index contributed by atoms with van der Waals surface area (Å²) in [4.78, 5) is 28.2. The number of hydrogen-bond donors (Lipinski definition) is 1. The van der Waals surface area contributed by atoms with Crippen LogP contribution < -0.4 is 4.74 Å². The number of rotatable bonds is 7. The molecule has 3 rings (SSSR count). The van der Waals surface area contributed by atoms with Crippen molar-refractivity contribution in [1.29, 1.82) is 0 Å². The van der Waals surface area contributed by atoms with E-state index in [4.69, 9.17) is 9.84 Å². The third-order valence-corrected chi connectivity index (χ3v) is 6.15. The van der Waals surface area contributed by atoms with Crippen LogP contribution in [0, 0.1) is 6.92 Å².